The number of rotatable bonds is 10. The van der Waals surface area contributed by atoms with Crippen LogP contribution in [0.15, 0.2) is 24.3 Å². The SMILES string of the molecule is Nc1ccc(OCCS(=O)(=O)NCCCCCO)cc1. The third kappa shape index (κ3) is 7.32. The Balaban J connectivity index is 2.20. The molecule has 0 bridgehead atoms. The van der Waals surface area contributed by atoms with Crippen LogP contribution in [0.5, 0.6) is 5.75 Å². The highest BCUT2D eigenvalue weighted by atomic mass is 32.2. The first-order valence-electron chi connectivity index (χ1n) is 6.60. The van der Waals surface area contributed by atoms with Crippen LogP contribution in [0, 0.1) is 0 Å². The van der Waals surface area contributed by atoms with Crippen LogP contribution in [0.2, 0.25) is 0 Å². The second-order valence-corrected chi connectivity index (χ2v) is 6.34. The maximum Gasteiger partial charge on any atom is 0.214 e. The van der Waals surface area contributed by atoms with Crippen molar-refractivity contribution in [1.29, 1.82) is 0 Å². The number of aliphatic hydroxyl groups is 1. The Bertz CT molecular complexity index is 474. The van der Waals surface area contributed by atoms with E-state index in [1.54, 1.807) is 24.3 Å². The van der Waals surface area contributed by atoms with Gasteiger partial charge in [-0.15, -0.1) is 0 Å². The Morgan fingerprint density at radius 2 is 1.85 bits per heavy atom. The van der Waals surface area contributed by atoms with Gasteiger partial charge in [-0.05, 0) is 43.5 Å². The highest BCUT2D eigenvalue weighted by molar-refractivity contribution is 7.89. The zero-order chi connectivity index (χ0) is 14.8. The van der Waals surface area contributed by atoms with Gasteiger partial charge in [0.05, 0.1) is 5.75 Å². The molecule has 0 saturated carbocycles. The van der Waals surface area contributed by atoms with Crippen molar-refractivity contribution < 1.29 is 18.3 Å². The molecule has 0 unspecified atom stereocenters. The largest absolute Gasteiger partial charge is 0.492 e. The number of hydrogen-bond acceptors (Lipinski definition) is 5. The normalized spacial score (nSPS) is 11.4. The number of nitrogen functional groups attached to an aromatic ring is 1. The molecule has 7 heteroatoms. The molecule has 0 atom stereocenters. The van der Waals surface area contributed by atoms with Crippen molar-refractivity contribution in [3.63, 3.8) is 0 Å². The van der Waals surface area contributed by atoms with Gasteiger partial charge in [0.2, 0.25) is 10.0 Å². The molecule has 0 amide bonds. The summed E-state index contributed by atoms with van der Waals surface area (Å²) in [6.07, 6.45) is 2.22. The molecular formula is C13H22N2O4S. The van der Waals surface area contributed by atoms with E-state index < -0.39 is 10.0 Å². The third-order valence-electron chi connectivity index (χ3n) is 2.66. The van der Waals surface area contributed by atoms with Crippen LogP contribution in [0.3, 0.4) is 0 Å². The Kier molecular flexibility index (Phi) is 7.35. The number of benzene rings is 1. The van der Waals surface area contributed by atoms with Crippen molar-refractivity contribution in [3.8, 4) is 5.75 Å². The van der Waals surface area contributed by atoms with Crippen LogP contribution in [0.25, 0.3) is 0 Å². The van der Waals surface area contributed by atoms with E-state index in [2.05, 4.69) is 4.72 Å². The molecule has 6 nitrogen and oxygen atoms in total. The molecule has 4 N–H and O–H groups in total. The van der Waals surface area contributed by atoms with Gasteiger partial charge in [0.25, 0.3) is 0 Å². The monoisotopic (exact) mass is 302 g/mol. The molecule has 1 rings (SSSR count). The van der Waals surface area contributed by atoms with Crippen molar-refractivity contribution in [3.05, 3.63) is 24.3 Å². The number of ether oxygens (including phenoxy) is 1. The van der Waals surface area contributed by atoms with Gasteiger partial charge < -0.3 is 15.6 Å². The van der Waals surface area contributed by atoms with E-state index in [4.69, 9.17) is 15.6 Å². The Morgan fingerprint density at radius 3 is 2.50 bits per heavy atom. The maximum absolute atomic E-state index is 11.6. The van der Waals surface area contributed by atoms with Gasteiger partial charge in [-0.1, -0.05) is 0 Å². The molecule has 0 fully saturated rings. The molecule has 1 aromatic rings. The number of nitrogens with two attached hydrogens (primary N) is 1. The molecule has 0 saturated heterocycles. The summed E-state index contributed by atoms with van der Waals surface area (Å²) in [5.41, 5.74) is 6.17. The number of nitrogens with one attached hydrogen (secondary N) is 1. The number of aliphatic hydroxyl groups excluding tert-OH is 1. The van der Waals surface area contributed by atoms with E-state index in [1.165, 1.54) is 0 Å². The molecule has 0 aliphatic rings. The van der Waals surface area contributed by atoms with Crippen LogP contribution >= 0.6 is 0 Å². The van der Waals surface area contributed by atoms with Gasteiger partial charge in [-0.25, -0.2) is 13.1 Å². The maximum atomic E-state index is 11.6. The molecular weight excluding hydrogens is 280 g/mol. The molecule has 20 heavy (non-hydrogen) atoms. The van der Waals surface area contributed by atoms with Gasteiger partial charge in [0.15, 0.2) is 0 Å². The Hall–Kier alpha value is -1.31. The average molecular weight is 302 g/mol. The first-order valence-corrected chi connectivity index (χ1v) is 8.25. The van der Waals surface area contributed by atoms with E-state index in [9.17, 15) is 8.42 Å². The van der Waals surface area contributed by atoms with Gasteiger partial charge in [-0.2, -0.15) is 0 Å². The lowest BCUT2D eigenvalue weighted by Crippen LogP contribution is -2.29. The predicted octanol–water partition coefficient (Wildman–Crippen LogP) is 0.730. The smallest absolute Gasteiger partial charge is 0.214 e. The standard InChI is InChI=1S/C13H22N2O4S/c14-12-4-6-13(7-5-12)19-10-11-20(17,18)15-8-2-1-3-9-16/h4-7,15-16H,1-3,8-11,14H2. The van der Waals surface area contributed by atoms with E-state index in [0.29, 0.717) is 24.4 Å². The van der Waals surface area contributed by atoms with E-state index in [-0.39, 0.29) is 19.0 Å². The number of unbranched alkanes of at least 4 members (excludes halogenated alkanes) is 2. The Morgan fingerprint density at radius 1 is 1.15 bits per heavy atom. The topological polar surface area (TPSA) is 102 Å². The lowest BCUT2D eigenvalue weighted by Gasteiger charge is -2.08. The van der Waals surface area contributed by atoms with Crippen molar-refractivity contribution in [2.24, 2.45) is 0 Å². The van der Waals surface area contributed by atoms with E-state index in [1.807, 2.05) is 0 Å². The minimum absolute atomic E-state index is 0.0859. The summed E-state index contributed by atoms with van der Waals surface area (Å²) in [4.78, 5) is 0. The minimum atomic E-state index is -3.31. The molecule has 0 spiro atoms. The summed E-state index contributed by atoms with van der Waals surface area (Å²) in [6, 6.07) is 6.79. The molecule has 1 aromatic carbocycles. The predicted molar refractivity (Wildman–Crippen MR) is 79.1 cm³/mol. The fourth-order valence-electron chi connectivity index (χ4n) is 1.55. The summed E-state index contributed by atoms with van der Waals surface area (Å²) in [7, 11) is -3.31. The number of hydrogen-bond donors (Lipinski definition) is 3. The summed E-state index contributed by atoms with van der Waals surface area (Å²) < 4.78 is 31.1. The molecule has 0 heterocycles. The Labute approximate surface area is 120 Å². The average Bonchev–Trinajstić information content (AvgIpc) is 2.40. The molecule has 0 aliphatic carbocycles. The van der Waals surface area contributed by atoms with Crippen molar-refractivity contribution in [2.45, 2.75) is 19.3 Å². The van der Waals surface area contributed by atoms with Crippen LogP contribution < -0.4 is 15.2 Å². The lowest BCUT2D eigenvalue weighted by atomic mass is 10.2. The van der Waals surface area contributed by atoms with Crippen LogP contribution in [-0.4, -0.2) is 39.0 Å². The quantitative estimate of drug-likeness (QED) is 0.437. The third-order valence-corrected chi connectivity index (χ3v) is 4.01. The highest BCUT2D eigenvalue weighted by Crippen LogP contribution is 2.12. The second kappa shape index (κ2) is 8.78. The van der Waals surface area contributed by atoms with Gasteiger partial charge in [0.1, 0.15) is 12.4 Å². The fourth-order valence-corrected chi connectivity index (χ4v) is 2.45. The molecule has 0 aliphatic heterocycles. The minimum Gasteiger partial charge on any atom is -0.492 e. The van der Waals surface area contributed by atoms with Crippen molar-refractivity contribution in [2.75, 3.05) is 31.2 Å². The van der Waals surface area contributed by atoms with Gasteiger partial charge >= 0.3 is 0 Å². The highest BCUT2D eigenvalue weighted by Gasteiger charge is 2.09. The van der Waals surface area contributed by atoms with Gasteiger partial charge in [0, 0.05) is 18.8 Å². The molecule has 114 valence electrons. The van der Waals surface area contributed by atoms with Crippen LogP contribution in [-0.2, 0) is 10.0 Å². The molecule has 0 aromatic heterocycles. The van der Waals surface area contributed by atoms with Crippen molar-refractivity contribution in [1.82, 2.24) is 4.72 Å². The first-order chi connectivity index (χ1) is 9.53. The first kappa shape index (κ1) is 16.7. The summed E-state index contributed by atoms with van der Waals surface area (Å²) in [6.45, 7) is 0.627. The zero-order valence-electron chi connectivity index (χ0n) is 11.4. The van der Waals surface area contributed by atoms with E-state index >= 15 is 0 Å². The summed E-state index contributed by atoms with van der Waals surface area (Å²) in [5, 5.41) is 8.60. The number of anilines is 1. The number of sulfonamides is 1. The van der Waals surface area contributed by atoms with Crippen molar-refractivity contribution >= 4 is 15.7 Å². The van der Waals surface area contributed by atoms with E-state index in [0.717, 1.165) is 12.8 Å². The molecule has 0 radical (unpaired) electrons. The lowest BCUT2D eigenvalue weighted by molar-refractivity contribution is 0.283. The fraction of sp³-hybridized carbons (Fsp3) is 0.538. The summed E-state index contributed by atoms with van der Waals surface area (Å²) in [5.74, 6) is 0.509. The van der Waals surface area contributed by atoms with Crippen LogP contribution in [0.4, 0.5) is 5.69 Å². The zero-order valence-corrected chi connectivity index (χ0v) is 12.2. The van der Waals surface area contributed by atoms with Crippen LogP contribution in [0.1, 0.15) is 19.3 Å². The summed E-state index contributed by atoms with van der Waals surface area (Å²) >= 11 is 0. The van der Waals surface area contributed by atoms with Gasteiger partial charge in [-0.3, -0.25) is 0 Å². The second-order valence-electron chi connectivity index (χ2n) is 4.41.